The lowest BCUT2D eigenvalue weighted by Crippen LogP contribution is -2.17. The summed E-state index contributed by atoms with van der Waals surface area (Å²) >= 11 is 1.32. The summed E-state index contributed by atoms with van der Waals surface area (Å²) in [6.07, 6.45) is 0.826. The van der Waals surface area contributed by atoms with Crippen molar-refractivity contribution in [1.82, 2.24) is 4.57 Å². The van der Waals surface area contributed by atoms with Crippen LogP contribution in [0, 0.1) is 10.1 Å². The average molecular weight is 401 g/mol. The van der Waals surface area contributed by atoms with E-state index in [4.69, 9.17) is 9.47 Å². The first-order valence-electron chi connectivity index (χ1n) is 8.58. The van der Waals surface area contributed by atoms with Crippen molar-refractivity contribution in [2.45, 2.75) is 19.9 Å². The van der Waals surface area contributed by atoms with E-state index in [0.717, 1.165) is 16.6 Å². The number of nitro groups is 1. The highest BCUT2D eigenvalue weighted by Gasteiger charge is 2.19. The van der Waals surface area contributed by atoms with E-state index in [2.05, 4.69) is 4.99 Å². The molecule has 0 saturated carbocycles. The average Bonchev–Trinajstić information content (AvgIpc) is 3.03. The molecule has 0 bridgehead atoms. The number of hydrogen-bond acceptors (Lipinski definition) is 6. The molecule has 3 aromatic rings. The van der Waals surface area contributed by atoms with E-state index in [1.807, 2.05) is 23.6 Å². The molecule has 0 N–H and O–H groups in total. The number of aromatic nitrogens is 1. The smallest absolute Gasteiger partial charge is 0.286 e. The minimum atomic E-state index is -0.650. The molecule has 146 valence electrons. The topological polar surface area (TPSA) is 96.0 Å². The number of carbonyl (C=O) groups is 1. The van der Waals surface area contributed by atoms with Gasteiger partial charge in [0.15, 0.2) is 16.3 Å². The fourth-order valence-corrected chi connectivity index (χ4v) is 3.95. The van der Waals surface area contributed by atoms with Crippen LogP contribution >= 0.6 is 11.3 Å². The van der Waals surface area contributed by atoms with Gasteiger partial charge in [0.25, 0.3) is 11.6 Å². The molecule has 1 aromatic heterocycles. The fraction of sp³-hybridized carbons (Fsp3) is 0.263. The van der Waals surface area contributed by atoms with Crippen molar-refractivity contribution >= 4 is 33.1 Å². The van der Waals surface area contributed by atoms with E-state index in [1.54, 1.807) is 20.3 Å². The zero-order valence-corrected chi connectivity index (χ0v) is 16.5. The molecular weight excluding hydrogens is 382 g/mol. The van der Waals surface area contributed by atoms with Gasteiger partial charge < -0.3 is 14.0 Å². The molecular formula is C19H19N3O5S. The van der Waals surface area contributed by atoms with Crippen LogP contribution < -0.4 is 14.3 Å². The van der Waals surface area contributed by atoms with Gasteiger partial charge in [0, 0.05) is 24.7 Å². The molecule has 0 aliphatic rings. The van der Waals surface area contributed by atoms with Gasteiger partial charge in [-0.2, -0.15) is 4.99 Å². The summed E-state index contributed by atoms with van der Waals surface area (Å²) in [4.78, 5) is 28.0. The third-order valence-electron chi connectivity index (χ3n) is 4.16. The first-order valence-corrected chi connectivity index (χ1v) is 9.39. The predicted octanol–water partition coefficient (Wildman–Crippen LogP) is 3.78. The molecule has 0 aliphatic heterocycles. The second-order valence-electron chi connectivity index (χ2n) is 5.90. The lowest BCUT2D eigenvalue weighted by Gasteiger charge is -2.08. The molecule has 0 spiro atoms. The minimum Gasteiger partial charge on any atom is -0.493 e. The van der Waals surface area contributed by atoms with E-state index < -0.39 is 10.8 Å². The minimum absolute atomic E-state index is 0.0387. The van der Waals surface area contributed by atoms with Gasteiger partial charge in [-0.05, 0) is 12.5 Å². The Kier molecular flexibility index (Phi) is 5.74. The molecule has 0 radical (unpaired) electrons. The SMILES string of the molecule is CCCn1c(=NC(=O)c2ccccc2[N+](=O)[O-])sc2cc(OC)c(OC)cc21. The van der Waals surface area contributed by atoms with Crippen LogP contribution in [0.15, 0.2) is 41.4 Å². The van der Waals surface area contributed by atoms with Gasteiger partial charge in [-0.15, -0.1) is 0 Å². The number of nitrogens with zero attached hydrogens (tertiary/aromatic N) is 3. The van der Waals surface area contributed by atoms with Gasteiger partial charge in [-0.1, -0.05) is 30.4 Å². The maximum absolute atomic E-state index is 12.7. The molecule has 0 saturated heterocycles. The number of aryl methyl sites for hydroxylation is 1. The zero-order valence-electron chi connectivity index (χ0n) is 15.7. The Bertz CT molecular complexity index is 1120. The zero-order chi connectivity index (χ0) is 20.3. The Balaban J connectivity index is 2.20. The second-order valence-corrected chi connectivity index (χ2v) is 6.91. The molecule has 1 amide bonds. The summed E-state index contributed by atoms with van der Waals surface area (Å²) in [5.41, 5.74) is 0.560. The van der Waals surface area contributed by atoms with Crippen LogP contribution in [-0.2, 0) is 6.54 Å². The number of nitro benzene ring substituents is 1. The predicted molar refractivity (Wildman–Crippen MR) is 106 cm³/mol. The van der Waals surface area contributed by atoms with Gasteiger partial charge in [0.05, 0.1) is 29.4 Å². The Morgan fingerprint density at radius 2 is 1.89 bits per heavy atom. The number of rotatable bonds is 6. The van der Waals surface area contributed by atoms with E-state index >= 15 is 0 Å². The van der Waals surface area contributed by atoms with Gasteiger partial charge in [0.1, 0.15) is 5.56 Å². The number of para-hydroxylation sites is 1. The molecule has 0 unspecified atom stereocenters. The number of amides is 1. The van der Waals surface area contributed by atoms with Crippen LogP contribution in [0.25, 0.3) is 10.2 Å². The Morgan fingerprint density at radius 1 is 1.21 bits per heavy atom. The highest BCUT2D eigenvalue weighted by atomic mass is 32.1. The molecule has 2 aromatic carbocycles. The second kappa shape index (κ2) is 8.22. The quantitative estimate of drug-likeness (QED) is 0.463. The van der Waals surface area contributed by atoms with Crippen molar-refractivity contribution in [1.29, 1.82) is 0 Å². The van der Waals surface area contributed by atoms with E-state index in [1.165, 1.54) is 29.5 Å². The fourth-order valence-electron chi connectivity index (χ4n) is 2.88. The lowest BCUT2D eigenvalue weighted by atomic mass is 10.2. The standard InChI is InChI=1S/C19H19N3O5S/c1-4-9-21-14-10-15(26-2)16(27-3)11-17(14)28-19(21)20-18(23)12-7-5-6-8-13(12)22(24)25/h5-8,10-11H,4,9H2,1-3H3. The van der Waals surface area contributed by atoms with Crippen LogP contribution in [0.1, 0.15) is 23.7 Å². The van der Waals surface area contributed by atoms with Crippen molar-refractivity contribution in [3.05, 3.63) is 56.9 Å². The Labute approximate surface area is 164 Å². The van der Waals surface area contributed by atoms with Crippen LogP contribution in [0.5, 0.6) is 11.5 Å². The molecule has 1 heterocycles. The van der Waals surface area contributed by atoms with Crippen LogP contribution in [0.3, 0.4) is 0 Å². The van der Waals surface area contributed by atoms with Crippen molar-refractivity contribution in [3.63, 3.8) is 0 Å². The summed E-state index contributed by atoms with van der Waals surface area (Å²) in [7, 11) is 3.12. The van der Waals surface area contributed by atoms with E-state index in [-0.39, 0.29) is 11.3 Å². The third-order valence-corrected chi connectivity index (χ3v) is 5.20. The number of thiazole rings is 1. The number of carbonyl (C=O) groups excluding carboxylic acids is 1. The molecule has 9 heteroatoms. The van der Waals surface area contributed by atoms with Crippen molar-refractivity contribution < 1.29 is 19.2 Å². The molecule has 28 heavy (non-hydrogen) atoms. The third kappa shape index (κ3) is 3.61. The van der Waals surface area contributed by atoms with Gasteiger partial charge in [-0.3, -0.25) is 14.9 Å². The van der Waals surface area contributed by atoms with Crippen LogP contribution in [0.2, 0.25) is 0 Å². The summed E-state index contributed by atoms with van der Waals surface area (Å²) in [6, 6.07) is 9.48. The number of benzene rings is 2. The van der Waals surface area contributed by atoms with E-state index in [0.29, 0.717) is 22.8 Å². The molecule has 0 aliphatic carbocycles. The van der Waals surface area contributed by atoms with Crippen molar-refractivity contribution in [2.24, 2.45) is 4.99 Å². The van der Waals surface area contributed by atoms with E-state index in [9.17, 15) is 14.9 Å². The number of methoxy groups -OCH3 is 2. The summed E-state index contributed by atoms with van der Waals surface area (Å²) in [5.74, 6) is 0.508. The van der Waals surface area contributed by atoms with Crippen LogP contribution in [-0.4, -0.2) is 29.6 Å². The van der Waals surface area contributed by atoms with Gasteiger partial charge in [-0.25, -0.2) is 0 Å². The summed E-state index contributed by atoms with van der Waals surface area (Å²) in [5, 5.41) is 11.2. The summed E-state index contributed by atoms with van der Waals surface area (Å²) < 4.78 is 13.5. The Hall–Kier alpha value is -3.20. The molecule has 3 rings (SSSR count). The normalized spacial score (nSPS) is 11.6. The highest BCUT2D eigenvalue weighted by molar-refractivity contribution is 7.16. The lowest BCUT2D eigenvalue weighted by molar-refractivity contribution is -0.385. The first kappa shape index (κ1) is 19.6. The maximum atomic E-state index is 12.7. The number of ether oxygens (including phenoxy) is 2. The molecule has 0 fully saturated rings. The van der Waals surface area contributed by atoms with Gasteiger partial charge in [0.2, 0.25) is 0 Å². The van der Waals surface area contributed by atoms with Crippen molar-refractivity contribution in [2.75, 3.05) is 14.2 Å². The van der Waals surface area contributed by atoms with Crippen molar-refractivity contribution in [3.8, 4) is 11.5 Å². The van der Waals surface area contributed by atoms with Gasteiger partial charge >= 0.3 is 0 Å². The molecule has 8 nitrogen and oxygen atoms in total. The highest BCUT2D eigenvalue weighted by Crippen LogP contribution is 2.33. The maximum Gasteiger partial charge on any atom is 0.286 e. The molecule has 0 atom stereocenters. The number of hydrogen-bond donors (Lipinski definition) is 0. The Morgan fingerprint density at radius 3 is 2.54 bits per heavy atom. The monoisotopic (exact) mass is 401 g/mol. The summed E-state index contributed by atoms with van der Waals surface area (Å²) in [6.45, 7) is 2.66. The van der Waals surface area contributed by atoms with Crippen LogP contribution in [0.4, 0.5) is 5.69 Å². The first-order chi connectivity index (χ1) is 13.5. The number of fused-ring (bicyclic) bond motifs is 1. The largest absolute Gasteiger partial charge is 0.493 e.